The van der Waals surface area contributed by atoms with Crippen LogP contribution in [0.4, 0.5) is 0 Å². The van der Waals surface area contributed by atoms with Gasteiger partial charge >= 0.3 is 0 Å². The molecular formula is C12H24N2O. The van der Waals surface area contributed by atoms with Gasteiger partial charge in [0.15, 0.2) is 0 Å². The lowest BCUT2D eigenvalue weighted by Crippen LogP contribution is -2.42. The Morgan fingerprint density at radius 2 is 1.93 bits per heavy atom. The zero-order valence-electron chi connectivity index (χ0n) is 9.58. The molecular weight excluding hydrogens is 188 g/mol. The normalized spacial score (nSPS) is 26.2. The minimum absolute atomic E-state index is 0.662. The van der Waals surface area contributed by atoms with Crippen LogP contribution in [0, 0.1) is 11.8 Å². The molecule has 15 heavy (non-hydrogen) atoms. The van der Waals surface area contributed by atoms with Gasteiger partial charge in [0.05, 0.1) is 0 Å². The van der Waals surface area contributed by atoms with E-state index in [9.17, 15) is 0 Å². The highest BCUT2D eigenvalue weighted by Gasteiger charge is 2.24. The van der Waals surface area contributed by atoms with Gasteiger partial charge in [-0.15, -0.1) is 0 Å². The number of ether oxygens (including phenoxy) is 1. The molecule has 2 fully saturated rings. The van der Waals surface area contributed by atoms with Crippen molar-refractivity contribution in [2.75, 3.05) is 26.3 Å². The average Bonchev–Trinajstić information content (AvgIpc) is 2.23. The molecule has 3 heteroatoms. The zero-order valence-corrected chi connectivity index (χ0v) is 9.58. The van der Waals surface area contributed by atoms with E-state index in [-0.39, 0.29) is 0 Å². The Bertz CT molecular complexity index is 176. The van der Waals surface area contributed by atoms with Gasteiger partial charge in [-0.1, -0.05) is 6.42 Å². The van der Waals surface area contributed by atoms with Crippen LogP contribution in [0.25, 0.3) is 0 Å². The molecule has 1 saturated carbocycles. The fourth-order valence-corrected chi connectivity index (χ4v) is 2.56. The Labute approximate surface area is 92.7 Å². The molecule has 0 amide bonds. The van der Waals surface area contributed by atoms with Crippen LogP contribution in [0.15, 0.2) is 0 Å². The number of nitrogens with one attached hydrogen (secondary N) is 1. The Morgan fingerprint density at radius 3 is 2.47 bits per heavy atom. The molecule has 1 saturated heterocycles. The van der Waals surface area contributed by atoms with Crippen molar-refractivity contribution in [1.29, 1.82) is 0 Å². The van der Waals surface area contributed by atoms with Crippen molar-refractivity contribution in [3.8, 4) is 0 Å². The van der Waals surface area contributed by atoms with E-state index in [1.54, 1.807) is 0 Å². The highest BCUT2D eigenvalue weighted by Crippen LogP contribution is 2.24. The van der Waals surface area contributed by atoms with E-state index in [0.29, 0.717) is 5.92 Å². The molecule has 1 atom stereocenters. The lowest BCUT2D eigenvalue weighted by Gasteiger charge is -2.33. The van der Waals surface area contributed by atoms with Gasteiger partial charge in [-0.05, 0) is 50.6 Å². The van der Waals surface area contributed by atoms with E-state index in [4.69, 9.17) is 10.5 Å². The fourth-order valence-electron chi connectivity index (χ4n) is 2.56. The highest BCUT2D eigenvalue weighted by molar-refractivity contribution is 4.81. The molecule has 0 spiro atoms. The van der Waals surface area contributed by atoms with Gasteiger partial charge in [-0.3, -0.25) is 0 Å². The highest BCUT2D eigenvalue weighted by atomic mass is 16.5. The largest absolute Gasteiger partial charge is 0.381 e. The summed E-state index contributed by atoms with van der Waals surface area (Å²) in [6.45, 7) is 3.81. The first-order chi connectivity index (χ1) is 7.40. The lowest BCUT2D eigenvalue weighted by atomic mass is 9.85. The molecule has 1 heterocycles. The Morgan fingerprint density at radius 1 is 1.20 bits per heavy atom. The van der Waals surface area contributed by atoms with Gasteiger partial charge in [-0.25, -0.2) is 0 Å². The molecule has 3 nitrogen and oxygen atoms in total. The molecule has 1 unspecified atom stereocenters. The van der Waals surface area contributed by atoms with Crippen LogP contribution >= 0.6 is 0 Å². The lowest BCUT2D eigenvalue weighted by molar-refractivity contribution is 0.0469. The summed E-state index contributed by atoms with van der Waals surface area (Å²) in [6.07, 6.45) is 6.54. The molecule has 2 aliphatic rings. The third kappa shape index (κ3) is 3.16. The number of nitrogens with two attached hydrogens (primary N) is 1. The average molecular weight is 212 g/mol. The van der Waals surface area contributed by atoms with Crippen molar-refractivity contribution in [2.24, 2.45) is 17.6 Å². The Hall–Kier alpha value is -0.120. The summed E-state index contributed by atoms with van der Waals surface area (Å²) in [4.78, 5) is 0. The smallest absolute Gasteiger partial charge is 0.0468 e. The van der Waals surface area contributed by atoms with E-state index in [2.05, 4.69) is 5.32 Å². The quantitative estimate of drug-likeness (QED) is 0.718. The summed E-state index contributed by atoms with van der Waals surface area (Å²) in [7, 11) is 0. The van der Waals surface area contributed by atoms with Gasteiger partial charge in [0.25, 0.3) is 0 Å². The molecule has 0 bridgehead atoms. The van der Waals surface area contributed by atoms with E-state index in [1.807, 2.05) is 0 Å². The number of hydrogen-bond donors (Lipinski definition) is 2. The summed E-state index contributed by atoms with van der Waals surface area (Å²) in [5.41, 5.74) is 5.87. The fraction of sp³-hybridized carbons (Fsp3) is 1.00. The van der Waals surface area contributed by atoms with Crippen LogP contribution in [-0.4, -0.2) is 32.3 Å². The van der Waals surface area contributed by atoms with Gasteiger partial charge < -0.3 is 15.8 Å². The SMILES string of the molecule is NCC(CNC1CCC1)C1CCOCC1. The molecule has 3 N–H and O–H groups in total. The summed E-state index contributed by atoms with van der Waals surface area (Å²) in [5, 5.41) is 3.65. The Balaban J connectivity index is 1.69. The van der Waals surface area contributed by atoms with Crippen molar-refractivity contribution < 1.29 is 4.74 Å². The molecule has 0 aromatic rings. The third-order valence-corrected chi connectivity index (χ3v) is 4.01. The van der Waals surface area contributed by atoms with Crippen LogP contribution in [0.3, 0.4) is 0 Å². The van der Waals surface area contributed by atoms with Crippen LogP contribution in [0.5, 0.6) is 0 Å². The zero-order chi connectivity index (χ0) is 10.5. The van der Waals surface area contributed by atoms with Crippen molar-refractivity contribution in [3.63, 3.8) is 0 Å². The van der Waals surface area contributed by atoms with Crippen LogP contribution in [-0.2, 0) is 4.74 Å². The van der Waals surface area contributed by atoms with Crippen molar-refractivity contribution >= 4 is 0 Å². The van der Waals surface area contributed by atoms with Crippen LogP contribution in [0.1, 0.15) is 32.1 Å². The molecule has 88 valence electrons. The molecule has 1 aliphatic carbocycles. The monoisotopic (exact) mass is 212 g/mol. The molecule has 0 aromatic heterocycles. The summed E-state index contributed by atoms with van der Waals surface area (Å²) in [6, 6.07) is 0.791. The first-order valence-electron chi connectivity index (χ1n) is 6.41. The maximum absolute atomic E-state index is 5.87. The Kier molecular flexibility index (Phi) is 4.42. The molecule has 1 aliphatic heterocycles. The van der Waals surface area contributed by atoms with Gasteiger partial charge in [-0.2, -0.15) is 0 Å². The number of hydrogen-bond acceptors (Lipinski definition) is 3. The summed E-state index contributed by atoms with van der Waals surface area (Å²) >= 11 is 0. The van der Waals surface area contributed by atoms with Crippen molar-refractivity contribution in [3.05, 3.63) is 0 Å². The maximum Gasteiger partial charge on any atom is 0.0468 e. The number of rotatable bonds is 5. The minimum atomic E-state index is 0.662. The van der Waals surface area contributed by atoms with E-state index >= 15 is 0 Å². The van der Waals surface area contributed by atoms with E-state index in [0.717, 1.165) is 38.3 Å². The van der Waals surface area contributed by atoms with E-state index in [1.165, 1.54) is 32.1 Å². The maximum atomic E-state index is 5.87. The first kappa shape index (κ1) is 11.4. The minimum Gasteiger partial charge on any atom is -0.381 e. The summed E-state index contributed by atoms with van der Waals surface area (Å²) in [5.74, 6) is 1.45. The van der Waals surface area contributed by atoms with Crippen LogP contribution < -0.4 is 11.1 Å². The third-order valence-electron chi connectivity index (χ3n) is 4.01. The standard InChI is InChI=1S/C12H24N2O/c13-8-11(9-14-12-2-1-3-12)10-4-6-15-7-5-10/h10-12,14H,1-9,13H2. The predicted octanol–water partition coefficient (Wildman–Crippen LogP) is 1.13. The second-order valence-corrected chi connectivity index (χ2v) is 4.98. The van der Waals surface area contributed by atoms with Crippen LogP contribution in [0.2, 0.25) is 0 Å². The van der Waals surface area contributed by atoms with E-state index < -0.39 is 0 Å². The molecule has 0 radical (unpaired) electrons. The predicted molar refractivity (Wildman–Crippen MR) is 61.7 cm³/mol. The molecule has 0 aromatic carbocycles. The second-order valence-electron chi connectivity index (χ2n) is 4.98. The van der Waals surface area contributed by atoms with Crippen molar-refractivity contribution in [2.45, 2.75) is 38.1 Å². The summed E-state index contributed by atoms with van der Waals surface area (Å²) < 4.78 is 5.39. The van der Waals surface area contributed by atoms with Gasteiger partial charge in [0.1, 0.15) is 0 Å². The molecule has 2 rings (SSSR count). The van der Waals surface area contributed by atoms with Gasteiger partial charge in [0, 0.05) is 19.3 Å². The second kappa shape index (κ2) is 5.83. The van der Waals surface area contributed by atoms with Crippen molar-refractivity contribution in [1.82, 2.24) is 5.32 Å². The topological polar surface area (TPSA) is 47.3 Å². The van der Waals surface area contributed by atoms with Gasteiger partial charge in [0.2, 0.25) is 0 Å². The first-order valence-corrected chi connectivity index (χ1v) is 6.41.